The van der Waals surface area contributed by atoms with E-state index in [4.69, 9.17) is 4.42 Å². The fraction of sp³-hybridized carbons (Fsp3) is 0.176. The first-order chi connectivity index (χ1) is 12.6. The average molecular weight is 373 g/mol. The maximum absolute atomic E-state index is 12.0. The number of rotatable bonds is 6. The number of methoxy groups -OCH3 is 1. The van der Waals surface area contributed by atoms with E-state index in [9.17, 15) is 14.4 Å². The number of amides is 1. The number of aryl methyl sites for hydroxylation is 1. The van der Waals surface area contributed by atoms with Crippen LogP contribution in [0.2, 0.25) is 0 Å². The van der Waals surface area contributed by atoms with Gasteiger partial charge >= 0.3 is 11.7 Å². The van der Waals surface area contributed by atoms with Crippen LogP contribution >= 0.6 is 11.3 Å². The van der Waals surface area contributed by atoms with Crippen molar-refractivity contribution in [3.8, 4) is 10.8 Å². The van der Waals surface area contributed by atoms with E-state index in [0.717, 1.165) is 9.56 Å². The highest BCUT2D eigenvalue weighted by atomic mass is 32.1. The molecule has 1 N–H and O–H groups in total. The van der Waals surface area contributed by atoms with Crippen LogP contribution in [-0.2, 0) is 16.1 Å². The van der Waals surface area contributed by atoms with Crippen LogP contribution in [0.25, 0.3) is 10.8 Å². The predicted molar refractivity (Wildman–Crippen MR) is 95.1 cm³/mol. The van der Waals surface area contributed by atoms with Crippen molar-refractivity contribution in [2.75, 3.05) is 12.4 Å². The average Bonchev–Trinajstić information content (AvgIpc) is 3.29. The summed E-state index contributed by atoms with van der Waals surface area (Å²) >= 11 is 1.41. The van der Waals surface area contributed by atoms with E-state index in [-0.39, 0.29) is 24.8 Å². The van der Waals surface area contributed by atoms with E-state index in [0.29, 0.717) is 11.3 Å². The van der Waals surface area contributed by atoms with Crippen LogP contribution in [0.4, 0.5) is 5.69 Å². The van der Waals surface area contributed by atoms with Crippen LogP contribution in [0.3, 0.4) is 0 Å². The summed E-state index contributed by atoms with van der Waals surface area (Å²) in [5.74, 6) is -1.11. The van der Waals surface area contributed by atoms with Crippen LogP contribution in [0.15, 0.2) is 51.0 Å². The summed E-state index contributed by atoms with van der Waals surface area (Å²) in [5, 5.41) is 8.63. The number of ether oxygens (including phenoxy) is 1. The van der Waals surface area contributed by atoms with Crippen LogP contribution in [0.5, 0.6) is 0 Å². The van der Waals surface area contributed by atoms with Gasteiger partial charge in [0.1, 0.15) is 0 Å². The minimum atomic E-state index is -0.608. The third kappa shape index (κ3) is 4.06. The fourth-order valence-electron chi connectivity index (χ4n) is 2.19. The van der Waals surface area contributed by atoms with Crippen molar-refractivity contribution in [3.05, 3.63) is 57.9 Å². The van der Waals surface area contributed by atoms with Gasteiger partial charge in [-0.15, -0.1) is 16.4 Å². The van der Waals surface area contributed by atoms with Crippen molar-refractivity contribution >= 4 is 28.9 Å². The number of hydrogen-bond acceptors (Lipinski definition) is 7. The highest BCUT2D eigenvalue weighted by Crippen LogP contribution is 2.21. The second kappa shape index (κ2) is 7.79. The Morgan fingerprint density at radius 2 is 2.04 bits per heavy atom. The smallest absolute Gasteiger partial charge is 0.437 e. The van der Waals surface area contributed by atoms with Crippen molar-refractivity contribution in [2.45, 2.75) is 13.0 Å². The summed E-state index contributed by atoms with van der Waals surface area (Å²) < 4.78 is 10.8. The molecule has 2 aromatic heterocycles. The number of benzene rings is 1. The first-order valence-electron chi connectivity index (χ1n) is 7.67. The zero-order valence-electron chi connectivity index (χ0n) is 13.8. The Balaban J connectivity index is 1.57. The largest absolute Gasteiger partial charge is 0.465 e. The fourth-order valence-corrected chi connectivity index (χ4v) is 2.83. The summed E-state index contributed by atoms with van der Waals surface area (Å²) in [5.41, 5.74) is 0.926. The normalized spacial score (nSPS) is 10.5. The van der Waals surface area contributed by atoms with Gasteiger partial charge in [0.05, 0.1) is 24.1 Å². The summed E-state index contributed by atoms with van der Waals surface area (Å²) in [4.78, 5) is 35.9. The minimum absolute atomic E-state index is 0.0507. The van der Waals surface area contributed by atoms with Gasteiger partial charge in [-0.05, 0) is 35.7 Å². The second-order valence-electron chi connectivity index (χ2n) is 5.24. The van der Waals surface area contributed by atoms with Crippen molar-refractivity contribution in [1.82, 2.24) is 9.78 Å². The lowest BCUT2D eigenvalue weighted by atomic mass is 10.2. The highest BCUT2D eigenvalue weighted by molar-refractivity contribution is 7.13. The van der Waals surface area contributed by atoms with Gasteiger partial charge in [-0.1, -0.05) is 6.07 Å². The van der Waals surface area contributed by atoms with Crippen molar-refractivity contribution < 1.29 is 18.7 Å². The minimum Gasteiger partial charge on any atom is -0.465 e. The van der Waals surface area contributed by atoms with Gasteiger partial charge in [0, 0.05) is 12.1 Å². The van der Waals surface area contributed by atoms with Gasteiger partial charge in [0.25, 0.3) is 5.89 Å². The quantitative estimate of drug-likeness (QED) is 0.666. The molecule has 0 saturated heterocycles. The van der Waals surface area contributed by atoms with Crippen molar-refractivity contribution in [1.29, 1.82) is 0 Å². The van der Waals surface area contributed by atoms with E-state index in [1.165, 1.54) is 18.4 Å². The number of aromatic nitrogens is 2. The first kappa shape index (κ1) is 17.6. The number of nitrogens with one attached hydrogen (secondary N) is 1. The Morgan fingerprint density at radius 1 is 1.27 bits per heavy atom. The molecule has 0 aliphatic carbocycles. The Bertz CT molecular complexity index is 957. The lowest BCUT2D eigenvalue weighted by molar-refractivity contribution is -0.116. The van der Waals surface area contributed by atoms with Crippen LogP contribution in [-0.4, -0.2) is 28.8 Å². The summed E-state index contributed by atoms with van der Waals surface area (Å²) in [6.07, 6.45) is 0.0507. The molecule has 0 radical (unpaired) electrons. The molecular weight excluding hydrogens is 358 g/mol. The SMILES string of the molecule is COC(=O)c1ccc(NC(=O)CCn2nc(-c3cccs3)oc2=O)cc1. The monoisotopic (exact) mass is 373 g/mol. The summed E-state index contributed by atoms with van der Waals surface area (Å²) in [6.45, 7) is 0.0970. The predicted octanol–water partition coefficient (Wildman–Crippen LogP) is 2.38. The molecule has 26 heavy (non-hydrogen) atoms. The molecule has 8 nitrogen and oxygen atoms in total. The molecule has 0 spiro atoms. The van der Waals surface area contributed by atoms with E-state index < -0.39 is 11.7 Å². The number of esters is 1. The van der Waals surface area contributed by atoms with E-state index in [2.05, 4.69) is 15.2 Å². The molecule has 0 bridgehead atoms. The maximum atomic E-state index is 12.0. The lowest BCUT2D eigenvalue weighted by Gasteiger charge is -2.05. The highest BCUT2D eigenvalue weighted by Gasteiger charge is 2.12. The molecule has 0 aliphatic heterocycles. The summed E-state index contributed by atoms with van der Waals surface area (Å²) in [6, 6.07) is 9.93. The molecule has 0 atom stereocenters. The number of nitrogens with zero attached hydrogens (tertiary/aromatic N) is 2. The standard InChI is InChI=1S/C17H15N3O5S/c1-24-16(22)11-4-6-12(7-5-11)18-14(21)8-9-20-17(23)25-15(19-20)13-3-2-10-26-13/h2-7,10H,8-9H2,1H3,(H,18,21). The first-order valence-corrected chi connectivity index (χ1v) is 8.55. The molecule has 0 aliphatic rings. The van der Waals surface area contributed by atoms with Gasteiger partial charge in [-0.3, -0.25) is 4.79 Å². The number of hydrogen-bond donors (Lipinski definition) is 1. The Hall–Kier alpha value is -3.20. The third-order valence-electron chi connectivity index (χ3n) is 3.48. The number of anilines is 1. The molecule has 9 heteroatoms. The van der Waals surface area contributed by atoms with Crippen molar-refractivity contribution in [3.63, 3.8) is 0 Å². The zero-order chi connectivity index (χ0) is 18.5. The Labute approximate surface area is 152 Å². The molecule has 3 rings (SSSR count). The van der Waals surface area contributed by atoms with Gasteiger partial charge in [0.15, 0.2) is 0 Å². The maximum Gasteiger partial charge on any atom is 0.437 e. The Morgan fingerprint density at radius 3 is 2.69 bits per heavy atom. The van der Waals surface area contributed by atoms with E-state index >= 15 is 0 Å². The van der Waals surface area contributed by atoms with Gasteiger partial charge < -0.3 is 14.5 Å². The van der Waals surface area contributed by atoms with E-state index in [1.54, 1.807) is 30.3 Å². The molecule has 0 fully saturated rings. The van der Waals surface area contributed by atoms with Crippen LogP contribution in [0.1, 0.15) is 16.8 Å². The number of thiophene rings is 1. The van der Waals surface area contributed by atoms with E-state index in [1.807, 2.05) is 11.4 Å². The molecule has 134 valence electrons. The van der Waals surface area contributed by atoms with Gasteiger partial charge in [-0.25, -0.2) is 9.59 Å². The molecule has 1 aromatic carbocycles. The van der Waals surface area contributed by atoms with Crippen LogP contribution in [0, 0.1) is 0 Å². The van der Waals surface area contributed by atoms with Crippen LogP contribution < -0.4 is 11.1 Å². The third-order valence-corrected chi connectivity index (χ3v) is 4.34. The molecular formula is C17H15N3O5S. The van der Waals surface area contributed by atoms with Crippen molar-refractivity contribution in [2.24, 2.45) is 0 Å². The van der Waals surface area contributed by atoms with Gasteiger partial charge in [-0.2, -0.15) is 4.68 Å². The van der Waals surface area contributed by atoms with Gasteiger partial charge in [0.2, 0.25) is 5.91 Å². The molecule has 3 aromatic rings. The molecule has 2 heterocycles. The Kier molecular flexibility index (Phi) is 5.28. The zero-order valence-corrected chi connectivity index (χ0v) is 14.6. The molecule has 0 unspecified atom stereocenters. The topological polar surface area (TPSA) is 103 Å². The molecule has 0 saturated carbocycles. The number of carbonyl (C=O) groups is 2. The number of carbonyl (C=O) groups excluding carboxylic acids is 2. The second-order valence-corrected chi connectivity index (χ2v) is 6.19. The lowest BCUT2D eigenvalue weighted by Crippen LogP contribution is -2.21. The summed E-state index contributed by atoms with van der Waals surface area (Å²) in [7, 11) is 1.30. The molecule has 1 amide bonds.